The molecule has 0 saturated heterocycles. The molecule has 0 aromatic heterocycles. The molecule has 0 radical (unpaired) electrons. The molecular formula is C52H62N2O12. The SMILES string of the molecule is CCCCCCCCCCCCOc1ccc(C(=O)Oc2ccc([N+](=O)[O-])c3c2C(=O)c2c(OC(=O)c4ccc(OCCCCCCCCCCCC)cc4)ccc([N+](=O)[O-])c2C3=O)cc1. The van der Waals surface area contributed by atoms with E-state index in [0.717, 1.165) is 62.8 Å². The monoisotopic (exact) mass is 906 g/mol. The highest BCUT2D eigenvalue weighted by Crippen LogP contribution is 2.44. The molecule has 66 heavy (non-hydrogen) atoms. The van der Waals surface area contributed by atoms with Gasteiger partial charge in [-0.2, -0.15) is 0 Å². The summed E-state index contributed by atoms with van der Waals surface area (Å²) >= 11 is 0. The van der Waals surface area contributed by atoms with Gasteiger partial charge in [0.15, 0.2) is 0 Å². The van der Waals surface area contributed by atoms with Crippen molar-refractivity contribution < 1.29 is 48.0 Å². The van der Waals surface area contributed by atoms with Crippen LogP contribution < -0.4 is 18.9 Å². The van der Waals surface area contributed by atoms with Gasteiger partial charge in [-0.1, -0.05) is 129 Å². The van der Waals surface area contributed by atoms with Crippen LogP contribution in [0.4, 0.5) is 11.4 Å². The number of nitro benzene ring substituents is 2. The maximum absolute atomic E-state index is 14.5. The third-order valence-electron chi connectivity index (χ3n) is 11.7. The van der Waals surface area contributed by atoms with E-state index in [9.17, 15) is 39.4 Å². The van der Waals surface area contributed by atoms with E-state index in [2.05, 4.69) is 13.8 Å². The Morgan fingerprint density at radius 1 is 0.424 bits per heavy atom. The van der Waals surface area contributed by atoms with E-state index in [1.165, 1.54) is 114 Å². The predicted octanol–water partition coefficient (Wildman–Crippen LogP) is 13.3. The molecule has 352 valence electrons. The van der Waals surface area contributed by atoms with Gasteiger partial charge >= 0.3 is 11.9 Å². The van der Waals surface area contributed by atoms with Crippen LogP contribution in [0.3, 0.4) is 0 Å². The molecule has 4 aromatic rings. The van der Waals surface area contributed by atoms with Gasteiger partial charge in [0.05, 0.1) is 45.3 Å². The molecule has 4 aromatic carbocycles. The van der Waals surface area contributed by atoms with Crippen molar-refractivity contribution in [3.63, 3.8) is 0 Å². The van der Waals surface area contributed by atoms with Crippen molar-refractivity contribution >= 4 is 34.9 Å². The zero-order chi connectivity index (χ0) is 47.3. The van der Waals surface area contributed by atoms with Crippen LogP contribution >= 0.6 is 0 Å². The van der Waals surface area contributed by atoms with Crippen molar-refractivity contribution in [3.05, 3.63) is 126 Å². The summed E-state index contributed by atoms with van der Waals surface area (Å²) in [5, 5.41) is 24.4. The predicted molar refractivity (Wildman–Crippen MR) is 251 cm³/mol. The first-order valence-electron chi connectivity index (χ1n) is 23.7. The van der Waals surface area contributed by atoms with Crippen LogP contribution in [0.15, 0.2) is 72.8 Å². The van der Waals surface area contributed by atoms with E-state index < -0.39 is 78.5 Å². The Labute approximate surface area is 386 Å². The Kier molecular flexibility index (Phi) is 20.3. The maximum Gasteiger partial charge on any atom is 0.343 e. The summed E-state index contributed by atoms with van der Waals surface area (Å²) in [4.78, 5) is 78.1. The molecule has 14 nitrogen and oxygen atoms in total. The lowest BCUT2D eigenvalue weighted by molar-refractivity contribution is -0.385. The van der Waals surface area contributed by atoms with Gasteiger partial charge in [0.2, 0.25) is 11.6 Å². The fourth-order valence-electron chi connectivity index (χ4n) is 8.03. The fraction of sp³-hybridized carbons (Fsp3) is 0.462. The van der Waals surface area contributed by atoms with Gasteiger partial charge < -0.3 is 18.9 Å². The van der Waals surface area contributed by atoms with Crippen molar-refractivity contribution in [2.24, 2.45) is 0 Å². The third-order valence-corrected chi connectivity index (χ3v) is 11.7. The van der Waals surface area contributed by atoms with Gasteiger partial charge in [-0.25, -0.2) is 9.59 Å². The average molecular weight is 907 g/mol. The van der Waals surface area contributed by atoms with Gasteiger partial charge in [-0.15, -0.1) is 0 Å². The van der Waals surface area contributed by atoms with Crippen LogP contribution in [0.2, 0.25) is 0 Å². The minimum atomic E-state index is -1.26. The second-order valence-electron chi connectivity index (χ2n) is 16.7. The molecule has 0 spiro atoms. The molecule has 0 saturated carbocycles. The molecule has 0 atom stereocenters. The number of carbonyl (C=O) groups excluding carboxylic acids is 4. The van der Waals surface area contributed by atoms with Crippen LogP contribution in [-0.4, -0.2) is 46.6 Å². The van der Waals surface area contributed by atoms with Gasteiger partial charge in [-0.3, -0.25) is 29.8 Å². The zero-order valence-electron chi connectivity index (χ0n) is 38.3. The lowest BCUT2D eigenvalue weighted by Gasteiger charge is -2.21. The molecule has 0 unspecified atom stereocenters. The van der Waals surface area contributed by atoms with Crippen LogP contribution in [0, 0.1) is 20.2 Å². The number of fused-ring (bicyclic) bond motifs is 2. The molecule has 0 heterocycles. The van der Waals surface area contributed by atoms with E-state index in [0.29, 0.717) is 24.7 Å². The van der Waals surface area contributed by atoms with Crippen molar-refractivity contribution in [2.45, 2.75) is 142 Å². The van der Waals surface area contributed by atoms with Crippen LogP contribution in [0.5, 0.6) is 23.0 Å². The topological polar surface area (TPSA) is 191 Å². The number of hydrogen-bond acceptors (Lipinski definition) is 12. The number of rotatable bonds is 30. The standard InChI is InChI=1S/C52H62N2O12/c1-3-5-7-9-11-13-15-17-19-21-35-63-39-27-23-37(24-28-39)51(57)65-43-33-31-41(53(59)60)45-47(43)50(56)48-44(34-32-42(54(61)62)46(48)49(45)55)66-52(58)38-25-29-40(30-26-38)64-36-22-20-18-16-14-12-10-8-6-4-2/h23-34H,3-22,35-36H2,1-2H3. The number of carbonyl (C=O) groups is 4. The molecule has 14 heteroatoms. The Balaban J connectivity index is 1.24. The number of hydrogen-bond donors (Lipinski definition) is 0. The Bertz CT molecular complexity index is 2130. The maximum atomic E-state index is 14.5. The Morgan fingerprint density at radius 3 is 1.05 bits per heavy atom. The largest absolute Gasteiger partial charge is 0.494 e. The smallest absolute Gasteiger partial charge is 0.343 e. The quantitative estimate of drug-likeness (QED) is 0.0139. The van der Waals surface area contributed by atoms with E-state index >= 15 is 0 Å². The molecule has 1 aliphatic carbocycles. The Morgan fingerprint density at radius 2 is 0.727 bits per heavy atom. The van der Waals surface area contributed by atoms with E-state index in [-0.39, 0.29) is 11.1 Å². The first-order valence-corrected chi connectivity index (χ1v) is 23.7. The molecule has 0 amide bonds. The summed E-state index contributed by atoms with van der Waals surface area (Å²) in [5.74, 6) is -4.31. The summed E-state index contributed by atoms with van der Waals surface area (Å²) < 4.78 is 22.9. The van der Waals surface area contributed by atoms with E-state index in [1.54, 1.807) is 24.3 Å². The minimum absolute atomic E-state index is 0.0452. The highest BCUT2D eigenvalue weighted by Gasteiger charge is 2.44. The van der Waals surface area contributed by atoms with Gasteiger partial charge in [0, 0.05) is 12.1 Å². The molecule has 1 aliphatic rings. The van der Waals surface area contributed by atoms with Gasteiger partial charge in [0.25, 0.3) is 11.4 Å². The average Bonchev–Trinajstić information content (AvgIpc) is 3.31. The first-order chi connectivity index (χ1) is 32.0. The molecule has 0 N–H and O–H groups in total. The Hall–Kier alpha value is -6.44. The van der Waals surface area contributed by atoms with E-state index in [4.69, 9.17) is 18.9 Å². The molecule has 0 bridgehead atoms. The highest BCUT2D eigenvalue weighted by atomic mass is 16.6. The zero-order valence-corrected chi connectivity index (χ0v) is 38.3. The van der Waals surface area contributed by atoms with Crippen LogP contribution in [0.25, 0.3) is 0 Å². The lowest BCUT2D eigenvalue weighted by atomic mass is 9.81. The van der Waals surface area contributed by atoms with Crippen molar-refractivity contribution in [1.29, 1.82) is 0 Å². The van der Waals surface area contributed by atoms with Crippen molar-refractivity contribution in [2.75, 3.05) is 13.2 Å². The summed E-state index contributed by atoms with van der Waals surface area (Å²) in [6.07, 6.45) is 23.8. The number of ketones is 2. The first kappa shape index (κ1) is 50.6. The number of ether oxygens (including phenoxy) is 4. The van der Waals surface area contributed by atoms with Gasteiger partial charge in [-0.05, 0) is 73.5 Å². The summed E-state index contributed by atoms with van der Waals surface area (Å²) in [6, 6.07) is 15.9. The second kappa shape index (κ2) is 26.5. The number of unbranched alkanes of at least 4 members (excludes halogenated alkanes) is 18. The summed E-state index contributed by atoms with van der Waals surface area (Å²) in [7, 11) is 0. The summed E-state index contributed by atoms with van der Waals surface area (Å²) in [6.45, 7) is 5.43. The van der Waals surface area contributed by atoms with Crippen molar-refractivity contribution in [1.82, 2.24) is 0 Å². The summed E-state index contributed by atoms with van der Waals surface area (Å²) in [5.41, 5.74) is -4.58. The number of nitro groups is 2. The molecule has 5 rings (SSSR count). The molecular weight excluding hydrogens is 845 g/mol. The number of benzene rings is 4. The fourth-order valence-corrected chi connectivity index (χ4v) is 8.03. The number of nitrogens with zero attached hydrogens (tertiary/aromatic N) is 2. The second-order valence-corrected chi connectivity index (χ2v) is 16.7. The number of esters is 2. The normalized spacial score (nSPS) is 11.7. The third kappa shape index (κ3) is 14.3. The molecule has 0 aliphatic heterocycles. The van der Waals surface area contributed by atoms with Crippen molar-refractivity contribution in [3.8, 4) is 23.0 Å². The van der Waals surface area contributed by atoms with Crippen LogP contribution in [0.1, 0.15) is 195 Å². The van der Waals surface area contributed by atoms with Crippen LogP contribution in [-0.2, 0) is 0 Å². The molecule has 0 fully saturated rings. The minimum Gasteiger partial charge on any atom is -0.494 e. The lowest BCUT2D eigenvalue weighted by Crippen LogP contribution is -2.26. The van der Waals surface area contributed by atoms with Gasteiger partial charge in [0.1, 0.15) is 34.1 Å². The van der Waals surface area contributed by atoms with E-state index in [1.807, 2.05) is 0 Å². The highest BCUT2D eigenvalue weighted by molar-refractivity contribution is 6.33.